The van der Waals surface area contributed by atoms with Gasteiger partial charge in [0.25, 0.3) is 5.91 Å². The second kappa shape index (κ2) is 6.08. The van der Waals surface area contributed by atoms with Crippen LogP contribution in [0.5, 0.6) is 0 Å². The van der Waals surface area contributed by atoms with Gasteiger partial charge >= 0.3 is 0 Å². The third-order valence-electron chi connectivity index (χ3n) is 2.93. The molecule has 6 N–H and O–H groups in total. The molecule has 20 heavy (non-hydrogen) atoms. The van der Waals surface area contributed by atoms with E-state index >= 15 is 0 Å². The summed E-state index contributed by atoms with van der Waals surface area (Å²) in [5.41, 5.74) is 14.3. The molecule has 5 nitrogen and oxygen atoms in total. The van der Waals surface area contributed by atoms with Gasteiger partial charge in [-0.1, -0.05) is 12.1 Å². The second-order valence-electron chi connectivity index (χ2n) is 4.47. The molecule has 0 aromatic heterocycles. The number of aliphatic hydroxyl groups excluding tert-OH is 1. The number of carbonyl (C=O) groups is 1. The van der Waals surface area contributed by atoms with Crippen molar-refractivity contribution in [1.82, 2.24) is 0 Å². The van der Waals surface area contributed by atoms with Gasteiger partial charge in [0.05, 0.1) is 5.56 Å². The van der Waals surface area contributed by atoms with Crippen molar-refractivity contribution in [2.24, 2.45) is 0 Å². The van der Waals surface area contributed by atoms with Crippen LogP contribution < -0.4 is 16.8 Å². The number of hydrogen-bond acceptors (Lipinski definition) is 4. The smallest absolute Gasteiger partial charge is 0.257 e. The first-order valence-electron chi connectivity index (χ1n) is 6.26. The molecule has 0 spiro atoms. The monoisotopic (exact) mass is 271 g/mol. The number of aliphatic hydroxyl groups is 1. The zero-order valence-corrected chi connectivity index (χ0v) is 11.0. The Labute approximate surface area is 117 Å². The summed E-state index contributed by atoms with van der Waals surface area (Å²) < 4.78 is 0. The summed E-state index contributed by atoms with van der Waals surface area (Å²) in [7, 11) is 0. The SMILES string of the molecule is Nc1ccc(C(=O)Nc2ccc(CCO)cc2)c(N)c1. The van der Waals surface area contributed by atoms with Crippen LogP contribution in [0.25, 0.3) is 0 Å². The first-order valence-corrected chi connectivity index (χ1v) is 6.26. The fraction of sp³-hybridized carbons (Fsp3) is 0.133. The van der Waals surface area contributed by atoms with E-state index in [2.05, 4.69) is 5.32 Å². The van der Waals surface area contributed by atoms with E-state index in [1.54, 1.807) is 30.3 Å². The van der Waals surface area contributed by atoms with Crippen molar-refractivity contribution in [1.29, 1.82) is 0 Å². The summed E-state index contributed by atoms with van der Waals surface area (Å²) in [5, 5.41) is 11.6. The average Bonchev–Trinajstić information content (AvgIpc) is 2.41. The fourth-order valence-electron chi connectivity index (χ4n) is 1.87. The van der Waals surface area contributed by atoms with E-state index in [-0.39, 0.29) is 12.5 Å². The second-order valence-corrected chi connectivity index (χ2v) is 4.47. The minimum Gasteiger partial charge on any atom is -0.399 e. The summed E-state index contributed by atoms with van der Waals surface area (Å²) in [4.78, 5) is 12.1. The molecule has 1 amide bonds. The number of rotatable bonds is 4. The molecule has 5 heteroatoms. The van der Waals surface area contributed by atoms with E-state index in [1.165, 1.54) is 0 Å². The van der Waals surface area contributed by atoms with Crippen molar-refractivity contribution in [2.75, 3.05) is 23.4 Å². The van der Waals surface area contributed by atoms with Crippen molar-refractivity contribution in [3.05, 3.63) is 53.6 Å². The van der Waals surface area contributed by atoms with Crippen molar-refractivity contribution in [3.63, 3.8) is 0 Å². The van der Waals surface area contributed by atoms with E-state index in [9.17, 15) is 4.79 Å². The molecular formula is C15H17N3O2. The zero-order valence-electron chi connectivity index (χ0n) is 11.0. The lowest BCUT2D eigenvalue weighted by Gasteiger charge is -2.08. The van der Waals surface area contributed by atoms with Crippen LogP contribution in [0.4, 0.5) is 17.1 Å². The van der Waals surface area contributed by atoms with Gasteiger partial charge in [0, 0.05) is 23.7 Å². The first kappa shape index (κ1) is 13.9. The third kappa shape index (κ3) is 3.27. The van der Waals surface area contributed by atoms with Gasteiger partial charge in [0.2, 0.25) is 0 Å². The van der Waals surface area contributed by atoms with E-state index in [0.717, 1.165) is 5.56 Å². The molecule has 104 valence electrons. The van der Waals surface area contributed by atoms with Gasteiger partial charge in [0.1, 0.15) is 0 Å². The Morgan fingerprint density at radius 3 is 2.40 bits per heavy atom. The molecular weight excluding hydrogens is 254 g/mol. The summed E-state index contributed by atoms with van der Waals surface area (Å²) in [6.45, 7) is 0.105. The minimum absolute atomic E-state index is 0.105. The van der Waals surface area contributed by atoms with Gasteiger partial charge < -0.3 is 21.9 Å². The number of benzene rings is 2. The summed E-state index contributed by atoms with van der Waals surface area (Å²) in [5.74, 6) is -0.280. The number of nitrogens with two attached hydrogens (primary N) is 2. The van der Waals surface area contributed by atoms with Crippen molar-refractivity contribution >= 4 is 23.0 Å². The maximum absolute atomic E-state index is 12.1. The van der Waals surface area contributed by atoms with Crippen LogP contribution in [-0.4, -0.2) is 17.6 Å². The number of nitrogens with one attached hydrogen (secondary N) is 1. The van der Waals surface area contributed by atoms with Crippen molar-refractivity contribution < 1.29 is 9.90 Å². The highest BCUT2D eigenvalue weighted by Gasteiger charge is 2.10. The van der Waals surface area contributed by atoms with Gasteiger partial charge in [0.15, 0.2) is 0 Å². The van der Waals surface area contributed by atoms with Crippen molar-refractivity contribution in [3.8, 4) is 0 Å². The Bertz CT molecular complexity index is 609. The number of carbonyl (C=O) groups excluding carboxylic acids is 1. The largest absolute Gasteiger partial charge is 0.399 e. The molecule has 0 radical (unpaired) electrons. The molecule has 0 aliphatic rings. The zero-order chi connectivity index (χ0) is 14.5. The predicted molar refractivity (Wildman–Crippen MR) is 80.5 cm³/mol. The number of anilines is 3. The molecule has 0 aliphatic carbocycles. The lowest BCUT2D eigenvalue weighted by molar-refractivity contribution is 0.102. The Kier molecular flexibility index (Phi) is 4.22. The first-order chi connectivity index (χ1) is 9.60. The molecule has 2 rings (SSSR count). The van der Waals surface area contributed by atoms with Crippen LogP contribution in [-0.2, 0) is 6.42 Å². The molecule has 0 saturated carbocycles. The van der Waals surface area contributed by atoms with E-state index in [0.29, 0.717) is 29.0 Å². The van der Waals surface area contributed by atoms with Crippen molar-refractivity contribution in [2.45, 2.75) is 6.42 Å². The van der Waals surface area contributed by atoms with E-state index in [1.807, 2.05) is 12.1 Å². The van der Waals surface area contributed by atoms with E-state index in [4.69, 9.17) is 16.6 Å². The maximum atomic E-state index is 12.1. The van der Waals surface area contributed by atoms with Crippen LogP contribution in [0.15, 0.2) is 42.5 Å². The number of nitrogen functional groups attached to an aromatic ring is 2. The van der Waals surface area contributed by atoms with Crippen LogP contribution in [0.3, 0.4) is 0 Å². The molecule has 0 atom stereocenters. The van der Waals surface area contributed by atoms with Gasteiger partial charge in [-0.15, -0.1) is 0 Å². The van der Waals surface area contributed by atoms with E-state index < -0.39 is 0 Å². The molecule has 0 heterocycles. The van der Waals surface area contributed by atoms with Gasteiger partial charge in [-0.3, -0.25) is 4.79 Å². The summed E-state index contributed by atoms with van der Waals surface area (Å²) >= 11 is 0. The quantitative estimate of drug-likeness (QED) is 0.635. The average molecular weight is 271 g/mol. The highest BCUT2D eigenvalue weighted by Crippen LogP contribution is 2.18. The summed E-state index contributed by atoms with van der Waals surface area (Å²) in [6.07, 6.45) is 0.596. The topological polar surface area (TPSA) is 101 Å². The lowest BCUT2D eigenvalue weighted by atomic mass is 10.1. The van der Waals surface area contributed by atoms with Crippen LogP contribution >= 0.6 is 0 Å². The normalized spacial score (nSPS) is 10.2. The number of amides is 1. The van der Waals surface area contributed by atoms with Gasteiger partial charge in [-0.2, -0.15) is 0 Å². The fourth-order valence-corrected chi connectivity index (χ4v) is 1.87. The standard InChI is InChI=1S/C15H17N3O2/c16-11-3-6-13(14(17)9-11)15(20)18-12-4-1-10(2-5-12)7-8-19/h1-6,9,19H,7-8,16-17H2,(H,18,20). The maximum Gasteiger partial charge on any atom is 0.257 e. The van der Waals surface area contributed by atoms with Crippen LogP contribution in [0, 0.1) is 0 Å². The highest BCUT2D eigenvalue weighted by molar-refractivity contribution is 6.08. The molecule has 0 fully saturated rings. The Morgan fingerprint density at radius 1 is 1.10 bits per heavy atom. The Morgan fingerprint density at radius 2 is 1.80 bits per heavy atom. The molecule has 2 aromatic carbocycles. The van der Waals surface area contributed by atoms with Crippen LogP contribution in [0.1, 0.15) is 15.9 Å². The summed E-state index contributed by atoms with van der Waals surface area (Å²) in [6, 6.07) is 12.1. The van der Waals surface area contributed by atoms with Gasteiger partial charge in [-0.05, 0) is 42.3 Å². The molecule has 0 unspecified atom stereocenters. The predicted octanol–water partition coefficient (Wildman–Crippen LogP) is 1.64. The Balaban J connectivity index is 2.11. The highest BCUT2D eigenvalue weighted by atomic mass is 16.2. The molecule has 0 saturated heterocycles. The number of hydrogen-bond donors (Lipinski definition) is 4. The molecule has 0 bridgehead atoms. The van der Waals surface area contributed by atoms with Gasteiger partial charge in [-0.25, -0.2) is 0 Å². The lowest BCUT2D eigenvalue weighted by Crippen LogP contribution is -2.14. The third-order valence-corrected chi connectivity index (χ3v) is 2.93. The molecule has 0 aliphatic heterocycles. The van der Waals surface area contributed by atoms with Crippen LogP contribution in [0.2, 0.25) is 0 Å². The Hall–Kier alpha value is -2.53. The minimum atomic E-state index is -0.280. The molecule has 2 aromatic rings.